The van der Waals surface area contributed by atoms with Crippen molar-refractivity contribution in [3.05, 3.63) is 57.9 Å². The van der Waals surface area contributed by atoms with Gasteiger partial charge in [0, 0.05) is 0 Å². The number of nitro groups is 1. The minimum atomic E-state index is -0.620. The zero-order chi connectivity index (χ0) is 17.7. The summed E-state index contributed by atoms with van der Waals surface area (Å²) in [5.74, 6) is -0.707. The van der Waals surface area contributed by atoms with Crippen LogP contribution in [0.2, 0.25) is 0 Å². The summed E-state index contributed by atoms with van der Waals surface area (Å²) >= 11 is 0. The molecule has 2 N–H and O–H groups in total. The molecule has 0 radical (unpaired) electrons. The Labute approximate surface area is 137 Å². The van der Waals surface area contributed by atoms with Crippen molar-refractivity contribution in [2.24, 2.45) is 0 Å². The van der Waals surface area contributed by atoms with Gasteiger partial charge in [0.1, 0.15) is 17.3 Å². The molecule has 2 aromatic carbocycles. The van der Waals surface area contributed by atoms with Gasteiger partial charge in [0.15, 0.2) is 0 Å². The lowest BCUT2D eigenvalue weighted by molar-refractivity contribution is -0.384. The van der Waals surface area contributed by atoms with E-state index in [1.807, 2.05) is 0 Å². The van der Waals surface area contributed by atoms with E-state index >= 15 is 0 Å². The van der Waals surface area contributed by atoms with Gasteiger partial charge in [0.2, 0.25) is 5.91 Å². The van der Waals surface area contributed by atoms with Crippen molar-refractivity contribution in [3.8, 4) is 5.75 Å². The van der Waals surface area contributed by atoms with Crippen LogP contribution in [0.3, 0.4) is 0 Å². The number of nitrogens with one attached hydrogen (secondary N) is 2. The first kappa shape index (κ1) is 17.2. The van der Waals surface area contributed by atoms with E-state index in [4.69, 9.17) is 4.74 Å². The number of amides is 1. The number of hydrogen-bond acceptors (Lipinski definition) is 5. The van der Waals surface area contributed by atoms with Gasteiger partial charge in [-0.25, -0.2) is 4.39 Å². The lowest BCUT2D eigenvalue weighted by Gasteiger charge is -2.10. The van der Waals surface area contributed by atoms with Gasteiger partial charge in [-0.3, -0.25) is 14.9 Å². The molecule has 0 aromatic heterocycles. The number of aryl methyl sites for hydroxylation is 1. The molecule has 0 saturated carbocycles. The number of methoxy groups -OCH3 is 1. The fourth-order valence-electron chi connectivity index (χ4n) is 2.03. The third-order valence-electron chi connectivity index (χ3n) is 3.24. The van der Waals surface area contributed by atoms with E-state index in [9.17, 15) is 19.3 Å². The van der Waals surface area contributed by atoms with Crippen molar-refractivity contribution < 1.29 is 18.8 Å². The van der Waals surface area contributed by atoms with E-state index < -0.39 is 16.6 Å². The summed E-state index contributed by atoms with van der Waals surface area (Å²) in [7, 11) is 1.39. The summed E-state index contributed by atoms with van der Waals surface area (Å²) in [6.45, 7) is 1.52. The molecule has 0 bridgehead atoms. The fourth-order valence-corrected chi connectivity index (χ4v) is 2.03. The van der Waals surface area contributed by atoms with Crippen LogP contribution in [0.15, 0.2) is 36.4 Å². The Kier molecular flexibility index (Phi) is 5.31. The normalized spacial score (nSPS) is 10.1. The minimum absolute atomic E-state index is 0.0389. The van der Waals surface area contributed by atoms with E-state index in [2.05, 4.69) is 10.6 Å². The molecule has 0 atom stereocenters. The molecule has 0 aliphatic heterocycles. The van der Waals surface area contributed by atoms with Gasteiger partial charge in [0.05, 0.1) is 30.3 Å². The smallest absolute Gasteiger partial charge is 0.296 e. The van der Waals surface area contributed by atoms with Gasteiger partial charge in [-0.2, -0.15) is 0 Å². The minimum Gasteiger partial charge on any atom is -0.496 e. The zero-order valence-corrected chi connectivity index (χ0v) is 13.1. The highest BCUT2D eigenvalue weighted by atomic mass is 19.1. The molecule has 7 nitrogen and oxygen atoms in total. The van der Waals surface area contributed by atoms with Crippen LogP contribution < -0.4 is 15.4 Å². The van der Waals surface area contributed by atoms with Gasteiger partial charge in [0.25, 0.3) is 5.69 Å². The summed E-state index contributed by atoms with van der Waals surface area (Å²) in [5, 5.41) is 16.1. The molecule has 0 saturated heterocycles. The predicted octanol–water partition coefficient (Wildman–Crippen LogP) is 3.10. The number of halogens is 1. The van der Waals surface area contributed by atoms with Crippen LogP contribution in [-0.4, -0.2) is 24.5 Å². The average Bonchev–Trinajstić information content (AvgIpc) is 2.54. The second-order valence-corrected chi connectivity index (χ2v) is 5.03. The fraction of sp³-hybridized carbons (Fsp3) is 0.188. The Morgan fingerprint density at radius 3 is 2.58 bits per heavy atom. The van der Waals surface area contributed by atoms with Gasteiger partial charge in [-0.15, -0.1) is 0 Å². The van der Waals surface area contributed by atoms with Crippen LogP contribution in [-0.2, 0) is 4.79 Å². The van der Waals surface area contributed by atoms with Crippen molar-refractivity contribution in [2.45, 2.75) is 6.92 Å². The standard InChI is InChI=1S/C16H16FN3O4/c1-10-3-5-13(12(17)7-10)18-9-16(21)19-14-6-4-11(24-2)8-15(14)20(22)23/h3-8,18H,9H2,1-2H3,(H,19,21). The van der Waals surface area contributed by atoms with Crippen LogP contribution in [0, 0.1) is 22.9 Å². The number of carbonyl (C=O) groups excluding carboxylic acids is 1. The van der Waals surface area contributed by atoms with E-state index in [0.717, 1.165) is 5.56 Å². The highest BCUT2D eigenvalue weighted by Gasteiger charge is 2.17. The first-order chi connectivity index (χ1) is 11.4. The van der Waals surface area contributed by atoms with Gasteiger partial charge >= 0.3 is 0 Å². The van der Waals surface area contributed by atoms with Gasteiger partial charge in [-0.05, 0) is 36.8 Å². The van der Waals surface area contributed by atoms with Crippen molar-refractivity contribution in [1.82, 2.24) is 0 Å². The lowest BCUT2D eigenvalue weighted by Crippen LogP contribution is -2.22. The number of hydrogen-bond donors (Lipinski definition) is 2. The summed E-state index contributed by atoms with van der Waals surface area (Å²) in [4.78, 5) is 22.4. The maximum absolute atomic E-state index is 13.7. The molecule has 0 fully saturated rings. The van der Waals surface area contributed by atoms with Crippen LogP contribution >= 0.6 is 0 Å². The largest absolute Gasteiger partial charge is 0.496 e. The van der Waals surface area contributed by atoms with Crippen molar-refractivity contribution in [2.75, 3.05) is 24.3 Å². The van der Waals surface area contributed by atoms with E-state index in [1.165, 1.54) is 37.4 Å². The van der Waals surface area contributed by atoms with E-state index in [1.54, 1.807) is 13.0 Å². The third kappa shape index (κ3) is 4.19. The Bertz CT molecular complexity index is 780. The lowest BCUT2D eigenvalue weighted by atomic mass is 10.2. The number of nitrogens with zero attached hydrogens (tertiary/aromatic N) is 1. The van der Waals surface area contributed by atoms with E-state index in [0.29, 0.717) is 5.75 Å². The quantitative estimate of drug-likeness (QED) is 0.626. The van der Waals surface area contributed by atoms with E-state index in [-0.39, 0.29) is 23.6 Å². The molecule has 0 heterocycles. The average molecular weight is 333 g/mol. The van der Waals surface area contributed by atoms with Crippen LogP contribution in [0.25, 0.3) is 0 Å². The number of benzene rings is 2. The summed E-state index contributed by atoms with van der Waals surface area (Å²) < 4.78 is 18.6. The van der Waals surface area contributed by atoms with Crippen molar-refractivity contribution >= 4 is 23.0 Å². The summed E-state index contributed by atoms with van der Waals surface area (Å²) in [6, 6.07) is 8.65. The molecule has 0 unspecified atom stereocenters. The molecule has 2 aromatic rings. The molecular weight excluding hydrogens is 317 g/mol. The topological polar surface area (TPSA) is 93.5 Å². The molecule has 0 aliphatic carbocycles. The number of anilines is 2. The Hall–Kier alpha value is -3.16. The first-order valence-corrected chi connectivity index (χ1v) is 7.03. The molecule has 8 heteroatoms. The molecule has 24 heavy (non-hydrogen) atoms. The molecule has 2 rings (SSSR count). The Morgan fingerprint density at radius 1 is 1.25 bits per heavy atom. The second-order valence-electron chi connectivity index (χ2n) is 5.03. The monoisotopic (exact) mass is 333 g/mol. The highest BCUT2D eigenvalue weighted by Crippen LogP contribution is 2.28. The number of ether oxygens (including phenoxy) is 1. The van der Waals surface area contributed by atoms with Crippen LogP contribution in [0.4, 0.5) is 21.5 Å². The number of nitro benzene ring substituents is 1. The Balaban J connectivity index is 2.05. The molecule has 126 valence electrons. The second kappa shape index (κ2) is 7.40. The first-order valence-electron chi connectivity index (χ1n) is 7.03. The SMILES string of the molecule is COc1ccc(NC(=O)CNc2ccc(C)cc2F)c([N+](=O)[O-])c1. The maximum Gasteiger partial charge on any atom is 0.296 e. The Morgan fingerprint density at radius 2 is 1.96 bits per heavy atom. The summed E-state index contributed by atoms with van der Waals surface area (Å²) in [5.41, 5.74) is 0.692. The molecule has 1 amide bonds. The molecule has 0 spiro atoms. The maximum atomic E-state index is 13.7. The number of rotatable bonds is 6. The van der Waals surface area contributed by atoms with Crippen LogP contribution in [0.5, 0.6) is 5.75 Å². The molecular formula is C16H16FN3O4. The summed E-state index contributed by atoms with van der Waals surface area (Å²) in [6.07, 6.45) is 0. The van der Waals surface area contributed by atoms with Crippen molar-refractivity contribution in [1.29, 1.82) is 0 Å². The zero-order valence-electron chi connectivity index (χ0n) is 13.1. The van der Waals surface area contributed by atoms with Crippen molar-refractivity contribution in [3.63, 3.8) is 0 Å². The predicted molar refractivity (Wildman–Crippen MR) is 87.9 cm³/mol. The van der Waals surface area contributed by atoms with Gasteiger partial charge < -0.3 is 15.4 Å². The molecule has 0 aliphatic rings. The number of carbonyl (C=O) groups is 1. The highest BCUT2D eigenvalue weighted by molar-refractivity contribution is 5.95. The third-order valence-corrected chi connectivity index (χ3v) is 3.24. The van der Waals surface area contributed by atoms with Crippen LogP contribution in [0.1, 0.15) is 5.56 Å². The van der Waals surface area contributed by atoms with Gasteiger partial charge in [-0.1, -0.05) is 6.07 Å².